The van der Waals surface area contributed by atoms with Crippen LogP contribution in [-0.4, -0.2) is 28.5 Å². The molecule has 1 aromatic carbocycles. The van der Waals surface area contributed by atoms with E-state index in [1.807, 2.05) is 12.1 Å². The molecular weight excluding hydrogens is 318 g/mol. The van der Waals surface area contributed by atoms with Gasteiger partial charge in [0.15, 0.2) is 11.6 Å². The van der Waals surface area contributed by atoms with Gasteiger partial charge in [0.25, 0.3) is 5.56 Å². The van der Waals surface area contributed by atoms with E-state index < -0.39 is 0 Å². The topological polar surface area (TPSA) is 71.4 Å². The molecule has 1 N–H and O–H groups in total. The number of methoxy groups -OCH3 is 1. The van der Waals surface area contributed by atoms with Crippen LogP contribution in [0.15, 0.2) is 51.9 Å². The van der Waals surface area contributed by atoms with E-state index in [0.717, 1.165) is 36.5 Å². The summed E-state index contributed by atoms with van der Waals surface area (Å²) in [6.45, 7) is 2.26. The van der Waals surface area contributed by atoms with Crippen molar-refractivity contribution < 1.29 is 9.15 Å². The molecule has 1 aliphatic heterocycles. The zero-order valence-corrected chi connectivity index (χ0v) is 14.0. The predicted molar refractivity (Wildman–Crippen MR) is 93.4 cm³/mol. The predicted octanol–water partition coefficient (Wildman–Crippen LogP) is 2.60. The molecule has 2 aromatic heterocycles. The highest BCUT2D eigenvalue weighted by Crippen LogP contribution is 2.21. The molecular formula is C19H19N3O3. The van der Waals surface area contributed by atoms with E-state index >= 15 is 0 Å². The van der Waals surface area contributed by atoms with Crippen molar-refractivity contribution >= 4 is 0 Å². The number of ether oxygens (including phenoxy) is 1. The maximum atomic E-state index is 12.5. The standard InChI is InChI=1S/C19H19N3O3/c1-24-14-6-4-13(5-7-14)11-22-9-8-16-15(12-22)19(23)21-18(20-16)17-3-2-10-25-17/h2-7,10H,8-9,11-12H2,1H3,(H,20,21,23). The second-order valence-electron chi connectivity index (χ2n) is 6.13. The molecule has 1 aliphatic rings. The van der Waals surface area contributed by atoms with Gasteiger partial charge in [-0.3, -0.25) is 9.69 Å². The smallest absolute Gasteiger partial charge is 0.256 e. The molecule has 0 saturated heterocycles. The van der Waals surface area contributed by atoms with Crippen molar-refractivity contribution in [2.45, 2.75) is 19.5 Å². The summed E-state index contributed by atoms with van der Waals surface area (Å²) < 4.78 is 10.5. The number of hydrogen-bond donors (Lipinski definition) is 1. The first-order valence-corrected chi connectivity index (χ1v) is 8.24. The van der Waals surface area contributed by atoms with Crippen molar-refractivity contribution in [2.75, 3.05) is 13.7 Å². The number of aromatic nitrogens is 2. The lowest BCUT2D eigenvalue weighted by atomic mass is 10.1. The van der Waals surface area contributed by atoms with Gasteiger partial charge < -0.3 is 14.1 Å². The number of aromatic amines is 1. The highest BCUT2D eigenvalue weighted by molar-refractivity contribution is 5.47. The summed E-state index contributed by atoms with van der Waals surface area (Å²) in [4.78, 5) is 22.2. The van der Waals surface area contributed by atoms with Crippen LogP contribution in [0.25, 0.3) is 11.6 Å². The maximum absolute atomic E-state index is 12.5. The second-order valence-corrected chi connectivity index (χ2v) is 6.13. The molecule has 0 spiro atoms. The highest BCUT2D eigenvalue weighted by atomic mass is 16.5. The Hall–Kier alpha value is -2.86. The van der Waals surface area contributed by atoms with E-state index in [1.54, 1.807) is 25.5 Å². The maximum Gasteiger partial charge on any atom is 0.256 e. The fourth-order valence-corrected chi connectivity index (χ4v) is 3.14. The Balaban J connectivity index is 1.54. The second kappa shape index (κ2) is 6.57. The van der Waals surface area contributed by atoms with Gasteiger partial charge >= 0.3 is 0 Å². The number of H-pyrrole nitrogens is 1. The first kappa shape index (κ1) is 15.7. The zero-order chi connectivity index (χ0) is 17.2. The first-order chi connectivity index (χ1) is 12.2. The molecule has 4 rings (SSSR count). The fraction of sp³-hybridized carbons (Fsp3) is 0.263. The van der Waals surface area contributed by atoms with Gasteiger partial charge in [-0.05, 0) is 29.8 Å². The fourth-order valence-electron chi connectivity index (χ4n) is 3.14. The van der Waals surface area contributed by atoms with Gasteiger partial charge in [-0.15, -0.1) is 0 Å². The van der Waals surface area contributed by atoms with Crippen molar-refractivity contribution in [1.29, 1.82) is 0 Å². The number of nitrogens with zero attached hydrogens (tertiary/aromatic N) is 2. The number of hydrogen-bond acceptors (Lipinski definition) is 5. The van der Waals surface area contributed by atoms with E-state index in [1.165, 1.54) is 5.56 Å². The quantitative estimate of drug-likeness (QED) is 0.792. The largest absolute Gasteiger partial charge is 0.497 e. The summed E-state index contributed by atoms with van der Waals surface area (Å²) in [5, 5.41) is 0. The highest BCUT2D eigenvalue weighted by Gasteiger charge is 2.22. The van der Waals surface area contributed by atoms with Crippen molar-refractivity contribution in [1.82, 2.24) is 14.9 Å². The SMILES string of the molecule is COc1ccc(CN2CCc3nc(-c4ccco4)[nH]c(=O)c3C2)cc1. The minimum Gasteiger partial charge on any atom is -0.497 e. The molecule has 3 aromatic rings. The lowest BCUT2D eigenvalue weighted by molar-refractivity contribution is 0.241. The first-order valence-electron chi connectivity index (χ1n) is 8.24. The van der Waals surface area contributed by atoms with Gasteiger partial charge in [0.1, 0.15) is 5.75 Å². The third kappa shape index (κ3) is 3.21. The van der Waals surface area contributed by atoms with E-state index in [4.69, 9.17) is 9.15 Å². The molecule has 128 valence electrons. The van der Waals surface area contributed by atoms with Crippen LogP contribution in [0.5, 0.6) is 5.75 Å². The Bertz CT molecular complexity index is 914. The minimum atomic E-state index is -0.0872. The van der Waals surface area contributed by atoms with Crippen LogP contribution in [0.3, 0.4) is 0 Å². The summed E-state index contributed by atoms with van der Waals surface area (Å²) in [6.07, 6.45) is 2.33. The number of nitrogens with one attached hydrogen (secondary N) is 1. The van der Waals surface area contributed by atoms with Gasteiger partial charge in [-0.1, -0.05) is 12.1 Å². The van der Waals surface area contributed by atoms with Crippen molar-refractivity contribution in [2.24, 2.45) is 0 Å². The number of furan rings is 1. The summed E-state index contributed by atoms with van der Waals surface area (Å²) in [5.74, 6) is 1.93. The number of fused-ring (bicyclic) bond motifs is 1. The van der Waals surface area contributed by atoms with Crippen molar-refractivity contribution in [3.05, 3.63) is 69.8 Å². The number of benzene rings is 1. The Kier molecular flexibility index (Phi) is 4.11. The summed E-state index contributed by atoms with van der Waals surface area (Å²) in [7, 11) is 1.66. The molecule has 3 heterocycles. The molecule has 6 nitrogen and oxygen atoms in total. The molecule has 0 saturated carbocycles. The molecule has 0 radical (unpaired) electrons. The lowest BCUT2D eigenvalue weighted by Crippen LogP contribution is -2.35. The molecule has 0 atom stereocenters. The van der Waals surface area contributed by atoms with E-state index in [9.17, 15) is 4.79 Å². The van der Waals surface area contributed by atoms with Crippen LogP contribution in [0, 0.1) is 0 Å². The van der Waals surface area contributed by atoms with Gasteiger partial charge in [0.2, 0.25) is 0 Å². The van der Waals surface area contributed by atoms with Crippen LogP contribution < -0.4 is 10.3 Å². The van der Waals surface area contributed by atoms with E-state index in [0.29, 0.717) is 18.1 Å². The van der Waals surface area contributed by atoms with Gasteiger partial charge in [-0.25, -0.2) is 4.98 Å². The van der Waals surface area contributed by atoms with Gasteiger partial charge in [0.05, 0.1) is 24.6 Å². The number of rotatable bonds is 4. The minimum absolute atomic E-state index is 0.0872. The summed E-state index contributed by atoms with van der Waals surface area (Å²) >= 11 is 0. The lowest BCUT2D eigenvalue weighted by Gasteiger charge is -2.27. The van der Waals surface area contributed by atoms with Crippen LogP contribution in [0.4, 0.5) is 0 Å². The summed E-state index contributed by atoms with van der Waals surface area (Å²) in [5.41, 5.74) is 2.72. The normalized spacial score (nSPS) is 14.3. The zero-order valence-electron chi connectivity index (χ0n) is 14.0. The molecule has 25 heavy (non-hydrogen) atoms. The van der Waals surface area contributed by atoms with Crippen LogP contribution in [0.2, 0.25) is 0 Å². The summed E-state index contributed by atoms with van der Waals surface area (Å²) in [6, 6.07) is 11.6. The van der Waals surface area contributed by atoms with Crippen molar-refractivity contribution in [3.8, 4) is 17.3 Å². The van der Waals surface area contributed by atoms with Crippen molar-refractivity contribution in [3.63, 3.8) is 0 Å². The Morgan fingerprint density at radius 2 is 2.12 bits per heavy atom. The molecule has 0 amide bonds. The van der Waals surface area contributed by atoms with Gasteiger partial charge in [0, 0.05) is 26.1 Å². The molecule has 6 heteroatoms. The Morgan fingerprint density at radius 1 is 1.28 bits per heavy atom. The Labute approximate surface area is 145 Å². The molecule has 0 aliphatic carbocycles. The van der Waals surface area contributed by atoms with E-state index in [-0.39, 0.29) is 5.56 Å². The van der Waals surface area contributed by atoms with Crippen LogP contribution in [-0.2, 0) is 19.5 Å². The van der Waals surface area contributed by atoms with Crippen LogP contribution >= 0.6 is 0 Å². The molecule has 0 fully saturated rings. The van der Waals surface area contributed by atoms with E-state index in [2.05, 4.69) is 27.0 Å². The van der Waals surface area contributed by atoms with Gasteiger partial charge in [-0.2, -0.15) is 0 Å². The van der Waals surface area contributed by atoms with Crippen LogP contribution in [0.1, 0.15) is 16.8 Å². The third-order valence-corrected chi connectivity index (χ3v) is 4.47. The average molecular weight is 337 g/mol. The molecule has 0 bridgehead atoms. The Morgan fingerprint density at radius 3 is 2.84 bits per heavy atom. The molecule has 0 unspecified atom stereocenters. The third-order valence-electron chi connectivity index (χ3n) is 4.47. The monoisotopic (exact) mass is 337 g/mol. The average Bonchev–Trinajstić information content (AvgIpc) is 3.17.